The fourth-order valence-corrected chi connectivity index (χ4v) is 6.93. The maximum atomic E-state index is 6.62. The average Bonchev–Trinajstić information content (AvgIpc) is 3.48. The number of hydrogen-bond acceptors (Lipinski definition) is 6. The van der Waals surface area contributed by atoms with Gasteiger partial charge in [-0.05, 0) is 53.8 Å². The van der Waals surface area contributed by atoms with Crippen LogP contribution in [0, 0.1) is 0 Å². The smallest absolute Gasteiger partial charge is 0.169 e. The summed E-state index contributed by atoms with van der Waals surface area (Å²) in [5.74, 6) is 2.57. The number of rotatable bonds is 6. The van der Waals surface area contributed by atoms with Gasteiger partial charge in [0.05, 0.1) is 38.1 Å². The number of halogens is 1. The van der Waals surface area contributed by atoms with Crippen LogP contribution in [0.15, 0.2) is 70.6 Å². The van der Waals surface area contributed by atoms with Crippen LogP contribution in [-0.2, 0) is 29.7 Å². The van der Waals surface area contributed by atoms with E-state index in [2.05, 4.69) is 79.8 Å². The lowest BCUT2D eigenvalue weighted by atomic mass is 9.57. The fourth-order valence-electron chi connectivity index (χ4n) is 6.66. The summed E-state index contributed by atoms with van der Waals surface area (Å²) in [5, 5.41) is 8.93. The molecular weight excluding hydrogens is 520 g/mol. The third kappa shape index (κ3) is 3.13. The van der Waals surface area contributed by atoms with Gasteiger partial charge >= 0.3 is 0 Å². The molecule has 2 aliphatic heterocycles. The van der Waals surface area contributed by atoms with Crippen molar-refractivity contribution < 1.29 is 14.2 Å². The van der Waals surface area contributed by atoms with E-state index in [1.807, 2.05) is 10.7 Å². The number of ether oxygens (including phenoxy) is 3. The minimum Gasteiger partial charge on any atom is -0.497 e. The third-order valence-corrected chi connectivity index (χ3v) is 8.74. The summed E-state index contributed by atoms with van der Waals surface area (Å²) in [5.41, 5.74) is 6.06. The molecule has 2 aromatic carbocycles. The molecule has 8 heteroatoms. The molecule has 3 heterocycles. The normalized spacial score (nSPS) is 25.5. The number of nitrogens with zero attached hydrogens (tertiary/aromatic N) is 4. The predicted octanol–water partition coefficient (Wildman–Crippen LogP) is 4.40. The van der Waals surface area contributed by atoms with Crippen molar-refractivity contribution in [3.05, 3.63) is 92.9 Å². The first-order valence-electron chi connectivity index (χ1n) is 12.3. The highest BCUT2D eigenvalue weighted by molar-refractivity contribution is 9.10. The van der Waals surface area contributed by atoms with Crippen molar-refractivity contribution in [1.82, 2.24) is 19.9 Å². The lowest BCUT2D eigenvalue weighted by Crippen LogP contribution is -2.59. The molecule has 7 nitrogen and oxygen atoms in total. The molecule has 3 unspecified atom stereocenters. The first kappa shape index (κ1) is 22.1. The maximum absolute atomic E-state index is 6.62. The molecule has 36 heavy (non-hydrogen) atoms. The van der Waals surface area contributed by atoms with Crippen LogP contribution in [0.1, 0.15) is 28.8 Å². The molecule has 0 saturated carbocycles. The standard InChI is InChI=1S/C28H27BrN4O3/c1-34-23-9-5-18-13-22-21-8-10-24(35-2)27-28(21,25(18)26(23)36-27)11-12-32(22)15-20-16-33(31-30-20)14-17-3-6-19(29)7-4-17/h3-10,16,22,27H,11-15H2,1-2H3. The zero-order valence-electron chi connectivity index (χ0n) is 20.3. The Hall–Kier alpha value is -3.10. The van der Waals surface area contributed by atoms with Gasteiger partial charge in [-0.3, -0.25) is 4.90 Å². The Balaban J connectivity index is 1.21. The van der Waals surface area contributed by atoms with Gasteiger partial charge in [0.15, 0.2) is 17.6 Å². The SMILES string of the molecule is COC1=CC=C2C3Cc4ccc(OC)c5c4C2(CCN3Cc2cn(Cc3ccc(Br)cc3)nn2)C1O5. The van der Waals surface area contributed by atoms with Gasteiger partial charge in [0, 0.05) is 29.2 Å². The Morgan fingerprint density at radius 1 is 1.08 bits per heavy atom. The van der Waals surface area contributed by atoms with Gasteiger partial charge in [-0.2, -0.15) is 0 Å². The Morgan fingerprint density at radius 2 is 1.94 bits per heavy atom. The Bertz CT molecular complexity index is 1410. The molecule has 1 saturated heterocycles. The van der Waals surface area contributed by atoms with Gasteiger partial charge in [0.1, 0.15) is 5.76 Å². The van der Waals surface area contributed by atoms with Crippen LogP contribution in [0.2, 0.25) is 0 Å². The molecule has 184 valence electrons. The molecule has 3 aromatic rings. The van der Waals surface area contributed by atoms with Gasteiger partial charge in [-0.25, -0.2) is 4.68 Å². The number of aromatic nitrogens is 3. The van der Waals surface area contributed by atoms with Crippen molar-refractivity contribution in [3.63, 3.8) is 0 Å². The summed E-state index contributed by atoms with van der Waals surface area (Å²) < 4.78 is 21.1. The van der Waals surface area contributed by atoms with Crippen LogP contribution in [0.3, 0.4) is 0 Å². The largest absolute Gasteiger partial charge is 0.497 e. The average molecular weight is 547 g/mol. The van der Waals surface area contributed by atoms with Crippen molar-refractivity contribution >= 4 is 15.9 Å². The molecule has 0 N–H and O–H groups in total. The molecule has 1 aromatic heterocycles. The number of piperidine rings is 1. The summed E-state index contributed by atoms with van der Waals surface area (Å²) in [7, 11) is 3.45. The van der Waals surface area contributed by atoms with Gasteiger partial charge in [-0.15, -0.1) is 5.10 Å². The highest BCUT2D eigenvalue weighted by Gasteiger charge is 2.62. The molecular formula is C28H27BrN4O3. The van der Waals surface area contributed by atoms with Crippen molar-refractivity contribution in [2.24, 2.45) is 0 Å². The van der Waals surface area contributed by atoms with E-state index < -0.39 is 0 Å². The van der Waals surface area contributed by atoms with Gasteiger partial charge < -0.3 is 14.2 Å². The van der Waals surface area contributed by atoms with E-state index in [0.717, 1.165) is 53.4 Å². The van der Waals surface area contributed by atoms with Crippen molar-refractivity contribution in [2.45, 2.75) is 43.5 Å². The highest BCUT2D eigenvalue weighted by atomic mass is 79.9. The lowest BCUT2D eigenvalue weighted by Gasteiger charge is -2.53. The van der Waals surface area contributed by atoms with Crippen LogP contribution < -0.4 is 9.47 Å². The first-order valence-corrected chi connectivity index (χ1v) is 13.1. The Labute approximate surface area is 218 Å². The third-order valence-electron chi connectivity index (χ3n) is 8.21. The molecule has 0 radical (unpaired) electrons. The number of methoxy groups -OCH3 is 2. The van der Waals surface area contributed by atoms with E-state index >= 15 is 0 Å². The monoisotopic (exact) mass is 546 g/mol. The van der Waals surface area contributed by atoms with Crippen LogP contribution in [-0.4, -0.2) is 52.8 Å². The molecule has 2 aliphatic carbocycles. The summed E-state index contributed by atoms with van der Waals surface area (Å²) >= 11 is 3.50. The van der Waals surface area contributed by atoms with Crippen LogP contribution in [0.25, 0.3) is 0 Å². The topological polar surface area (TPSA) is 61.6 Å². The van der Waals surface area contributed by atoms with E-state index in [1.165, 1.54) is 22.3 Å². The number of allylic oxidation sites excluding steroid dienone is 2. The molecule has 1 spiro atoms. The molecule has 4 aliphatic rings. The van der Waals surface area contributed by atoms with Gasteiger partial charge in [0.2, 0.25) is 0 Å². The van der Waals surface area contributed by atoms with Crippen molar-refractivity contribution in [3.8, 4) is 11.5 Å². The van der Waals surface area contributed by atoms with E-state index in [1.54, 1.807) is 14.2 Å². The lowest BCUT2D eigenvalue weighted by molar-refractivity contribution is 0.0608. The van der Waals surface area contributed by atoms with Crippen LogP contribution in [0.5, 0.6) is 11.5 Å². The van der Waals surface area contributed by atoms with E-state index in [-0.39, 0.29) is 17.6 Å². The summed E-state index contributed by atoms with van der Waals surface area (Å²) in [6, 6.07) is 12.9. The maximum Gasteiger partial charge on any atom is 0.169 e. The number of benzene rings is 2. The Morgan fingerprint density at radius 3 is 2.75 bits per heavy atom. The van der Waals surface area contributed by atoms with E-state index in [0.29, 0.717) is 6.54 Å². The summed E-state index contributed by atoms with van der Waals surface area (Å²) in [6.07, 6.45) is 8.19. The van der Waals surface area contributed by atoms with E-state index in [4.69, 9.17) is 14.2 Å². The molecule has 1 fully saturated rings. The second-order valence-electron chi connectivity index (χ2n) is 9.97. The quantitative estimate of drug-likeness (QED) is 0.456. The number of likely N-dealkylation sites (tertiary alicyclic amines) is 1. The Kier molecular flexibility index (Phi) is 5.05. The van der Waals surface area contributed by atoms with Gasteiger partial charge in [-0.1, -0.05) is 45.4 Å². The van der Waals surface area contributed by atoms with E-state index in [9.17, 15) is 0 Å². The zero-order chi connectivity index (χ0) is 24.4. The zero-order valence-corrected chi connectivity index (χ0v) is 21.9. The second-order valence-corrected chi connectivity index (χ2v) is 10.9. The fraction of sp³-hybridized carbons (Fsp3) is 0.357. The summed E-state index contributed by atoms with van der Waals surface area (Å²) in [4.78, 5) is 2.55. The summed E-state index contributed by atoms with van der Waals surface area (Å²) in [6.45, 7) is 2.43. The van der Waals surface area contributed by atoms with Gasteiger partial charge in [0.25, 0.3) is 0 Å². The minimum atomic E-state index is -0.197. The number of hydrogen-bond donors (Lipinski definition) is 0. The molecule has 0 amide bonds. The predicted molar refractivity (Wildman–Crippen MR) is 138 cm³/mol. The molecule has 3 atom stereocenters. The minimum absolute atomic E-state index is 0.149. The van der Waals surface area contributed by atoms with Crippen LogP contribution >= 0.6 is 15.9 Å². The van der Waals surface area contributed by atoms with Crippen molar-refractivity contribution in [1.29, 1.82) is 0 Å². The first-order chi connectivity index (χ1) is 17.6. The van der Waals surface area contributed by atoms with Crippen LogP contribution in [0.4, 0.5) is 0 Å². The van der Waals surface area contributed by atoms with Crippen molar-refractivity contribution in [2.75, 3.05) is 20.8 Å². The molecule has 2 bridgehead atoms. The molecule has 7 rings (SSSR count). The second kappa shape index (κ2) is 8.21. The highest BCUT2D eigenvalue weighted by Crippen LogP contribution is 2.62.